The topological polar surface area (TPSA) is 133 Å². The number of hydrogen-bond donors (Lipinski definition) is 1. The summed E-state index contributed by atoms with van der Waals surface area (Å²) in [5.41, 5.74) is 3.16. The Hall–Kier alpha value is -4.38. The number of nitrogens with zero attached hydrogens (tertiary/aromatic N) is 4. The zero-order valence-corrected chi connectivity index (χ0v) is 26.9. The Morgan fingerprint density at radius 1 is 1.04 bits per heavy atom. The van der Waals surface area contributed by atoms with Gasteiger partial charge in [0.05, 0.1) is 29.6 Å². The molecule has 2 aromatic heterocycles. The fourth-order valence-corrected chi connectivity index (χ4v) is 6.43. The second kappa shape index (κ2) is 13.7. The molecule has 0 bridgehead atoms. The zero-order chi connectivity index (χ0) is 32.1. The number of aryl methyl sites for hydroxylation is 1. The van der Waals surface area contributed by atoms with Gasteiger partial charge < -0.3 is 4.74 Å². The summed E-state index contributed by atoms with van der Waals surface area (Å²) in [4.78, 5) is 40.3. The lowest BCUT2D eigenvalue weighted by molar-refractivity contribution is -0.120. The van der Waals surface area contributed by atoms with Gasteiger partial charge in [-0.25, -0.2) is 32.7 Å². The highest BCUT2D eigenvalue weighted by Crippen LogP contribution is 2.31. The Morgan fingerprint density at radius 2 is 1.73 bits per heavy atom. The molecule has 5 rings (SSSR count). The van der Waals surface area contributed by atoms with E-state index in [9.17, 15) is 18.0 Å². The van der Waals surface area contributed by atoms with Gasteiger partial charge in [-0.15, -0.1) is 0 Å². The first kappa shape index (κ1) is 32.0. The van der Waals surface area contributed by atoms with Gasteiger partial charge in [0, 0.05) is 29.4 Å². The SMILES string of the molecule is CCCCc1nc(C(C)C)n(-c2ncc(OCC)cn2)c(=O)c1Cc1ccc(-c2ccccc2S(=O)(=O)NC(=O)C2CC2)cc1. The van der Waals surface area contributed by atoms with Crippen molar-refractivity contribution in [3.8, 4) is 22.8 Å². The molecule has 0 unspecified atom stereocenters. The summed E-state index contributed by atoms with van der Waals surface area (Å²) in [6.07, 6.45) is 7.38. The largest absolute Gasteiger partial charge is 0.491 e. The molecule has 1 N–H and O–H groups in total. The van der Waals surface area contributed by atoms with Crippen LogP contribution in [0.15, 0.2) is 70.6 Å². The molecule has 2 heterocycles. The molecule has 11 heteroatoms. The van der Waals surface area contributed by atoms with Crippen LogP contribution in [0.2, 0.25) is 0 Å². The van der Waals surface area contributed by atoms with Crippen molar-refractivity contribution in [2.24, 2.45) is 5.92 Å². The number of benzene rings is 2. The van der Waals surface area contributed by atoms with Crippen molar-refractivity contribution in [1.29, 1.82) is 0 Å². The molecular weight excluding hydrogens is 590 g/mol. The van der Waals surface area contributed by atoms with Crippen molar-refractivity contribution in [3.05, 3.63) is 93.9 Å². The van der Waals surface area contributed by atoms with Gasteiger partial charge in [0.25, 0.3) is 15.6 Å². The van der Waals surface area contributed by atoms with E-state index in [1.807, 2.05) is 45.0 Å². The molecule has 45 heavy (non-hydrogen) atoms. The standard InChI is InChI=1S/C34H39N5O5S/c1-5-7-11-29-28(33(41)39(31(37-29)22(3)4)34-35-20-26(21-36-34)44-6-2)19-23-13-15-24(16-14-23)27-10-8-9-12-30(27)45(42,43)38-32(40)25-17-18-25/h8-10,12-16,20-22,25H,5-7,11,17-19H2,1-4H3,(H,38,40). The summed E-state index contributed by atoms with van der Waals surface area (Å²) >= 11 is 0. The number of carbonyl (C=O) groups excluding carboxylic acids is 1. The van der Waals surface area contributed by atoms with Crippen molar-refractivity contribution >= 4 is 15.9 Å². The zero-order valence-electron chi connectivity index (χ0n) is 26.1. The van der Waals surface area contributed by atoms with E-state index in [1.54, 1.807) is 30.6 Å². The maximum atomic E-state index is 14.2. The van der Waals surface area contributed by atoms with Gasteiger partial charge in [-0.3, -0.25) is 9.59 Å². The molecule has 1 amide bonds. The third kappa shape index (κ3) is 7.30. The molecule has 4 aromatic rings. The lowest BCUT2D eigenvalue weighted by atomic mass is 9.98. The second-order valence-electron chi connectivity index (χ2n) is 11.6. The highest BCUT2D eigenvalue weighted by molar-refractivity contribution is 7.90. The Kier molecular flexibility index (Phi) is 9.77. The fraction of sp³-hybridized carbons (Fsp3) is 0.382. The van der Waals surface area contributed by atoms with Crippen LogP contribution in [0.5, 0.6) is 5.75 Å². The van der Waals surface area contributed by atoms with E-state index >= 15 is 0 Å². The van der Waals surface area contributed by atoms with Gasteiger partial charge in [-0.1, -0.05) is 69.7 Å². The summed E-state index contributed by atoms with van der Waals surface area (Å²) in [5, 5.41) is 0. The predicted octanol–water partition coefficient (Wildman–Crippen LogP) is 5.36. The van der Waals surface area contributed by atoms with Crippen LogP contribution in [0.25, 0.3) is 17.1 Å². The van der Waals surface area contributed by atoms with Gasteiger partial charge >= 0.3 is 0 Å². The van der Waals surface area contributed by atoms with Gasteiger partial charge in [-0.2, -0.15) is 0 Å². The number of ether oxygens (including phenoxy) is 1. The number of sulfonamides is 1. The quantitative estimate of drug-likeness (QED) is 0.209. The van der Waals surface area contributed by atoms with Crippen molar-refractivity contribution in [2.45, 2.75) is 77.0 Å². The van der Waals surface area contributed by atoms with Crippen LogP contribution >= 0.6 is 0 Å². The van der Waals surface area contributed by atoms with Crippen LogP contribution in [-0.4, -0.2) is 40.5 Å². The molecule has 1 saturated carbocycles. The maximum Gasteiger partial charge on any atom is 0.264 e. The lowest BCUT2D eigenvalue weighted by Gasteiger charge is -2.18. The van der Waals surface area contributed by atoms with E-state index in [2.05, 4.69) is 21.6 Å². The first-order valence-electron chi connectivity index (χ1n) is 15.5. The van der Waals surface area contributed by atoms with Gasteiger partial charge in [0.2, 0.25) is 11.9 Å². The third-order valence-corrected chi connectivity index (χ3v) is 9.11. The molecule has 0 saturated heterocycles. The summed E-state index contributed by atoms with van der Waals surface area (Å²) in [6.45, 7) is 8.44. The van der Waals surface area contributed by atoms with Crippen LogP contribution < -0.4 is 15.0 Å². The minimum absolute atomic E-state index is 0.0420. The Bertz CT molecular complexity index is 1830. The smallest absolute Gasteiger partial charge is 0.264 e. The number of hydrogen-bond acceptors (Lipinski definition) is 8. The first-order valence-corrected chi connectivity index (χ1v) is 17.0. The Labute approximate surface area is 264 Å². The number of amides is 1. The maximum absolute atomic E-state index is 14.2. The van der Waals surface area contributed by atoms with Gasteiger partial charge in [0.15, 0.2) is 5.75 Å². The van der Waals surface area contributed by atoms with E-state index in [-0.39, 0.29) is 28.2 Å². The van der Waals surface area contributed by atoms with Crippen LogP contribution in [0, 0.1) is 5.92 Å². The number of aromatic nitrogens is 4. The summed E-state index contributed by atoms with van der Waals surface area (Å²) in [5.74, 6) is 0.617. The monoisotopic (exact) mass is 629 g/mol. The molecule has 0 radical (unpaired) electrons. The summed E-state index contributed by atoms with van der Waals surface area (Å²) < 4.78 is 35.5. The van der Waals surface area contributed by atoms with E-state index in [4.69, 9.17) is 9.72 Å². The molecule has 0 spiro atoms. The summed E-state index contributed by atoms with van der Waals surface area (Å²) in [6, 6.07) is 14.1. The average Bonchev–Trinajstić information content (AvgIpc) is 3.88. The van der Waals surface area contributed by atoms with E-state index in [0.29, 0.717) is 60.6 Å². The number of rotatable bonds is 13. The Morgan fingerprint density at radius 3 is 2.36 bits per heavy atom. The van der Waals surface area contributed by atoms with Crippen LogP contribution in [0.1, 0.15) is 81.9 Å². The van der Waals surface area contributed by atoms with Gasteiger partial charge in [0.1, 0.15) is 5.82 Å². The number of unbranched alkanes of at least 4 members (excludes halogenated alkanes) is 1. The molecule has 1 aliphatic carbocycles. The first-order chi connectivity index (χ1) is 21.6. The molecule has 2 aromatic carbocycles. The van der Waals surface area contributed by atoms with Crippen LogP contribution in [0.4, 0.5) is 0 Å². The number of nitrogens with one attached hydrogen (secondary N) is 1. The molecule has 1 aliphatic rings. The molecular formula is C34H39N5O5S. The normalized spacial score (nSPS) is 13.2. The van der Waals surface area contributed by atoms with Crippen LogP contribution in [0.3, 0.4) is 0 Å². The highest BCUT2D eigenvalue weighted by Gasteiger charge is 2.33. The Balaban J connectivity index is 1.50. The van der Waals surface area contributed by atoms with Gasteiger partial charge in [-0.05, 0) is 49.8 Å². The molecule has 0 atom stereocenters. The van der Waals surface area contributed by atoms with E-state index in [0.717, 1.165) is 24.1 Å². The molecule has 1 fully saturated rings. The van der Waals surface area contributed by atoms with Crippen LogP contribution in [-0.2, 0) is 27.7 Å². The minimum Gasteiger partial charge on any atom is -0.491 e. The van der Waals surface area contributed by atoms with Crippen molar-refractivity contribution in [1.82, 2.24) is 24.2 Å². The second-order valence-corrected chi connectivity index (χ2v) is 13.2. The highest BCUT2D eigenvalue weighted by atomic mass is 32.2. The van der Waals surface area contributed by atoms with Crippen molar-refractivity contribution < 1.29 is 17.9 Å². The third-order valence-electron chi connectivity index (χ3n) is 7.70. The van der Waals surface area contributed by atoms with Crippen molar-refractivity contribution in [2.75, 3.05) is 6.61 Å². The van der Waals surface area contributed by atoms with E-state index in [1.165, 1.54) is 10.6 Å². The molecule has 10 nitrogen and oxygen atoms in total. The minimum atomic E-state index is -4.04. The lowest BCUT2D eigenvalue weighted by Crippen LogP contribution is -2.32. The van der Waals surface area contributed by atoms with Crippen molar-refractivity contribution in [3.63, 3.8) is 0 Å². The fourth-order valence-electron chi connectivity index (χ4n) is 5.16. The summed E-state index contributed by atoms with van der Waals surface area (Å²) in [7, 11) is -4.04. The predicted molar refractivity (Wildman–Crippen MR) is 172 cm³/mol. The molecule has 236 valence electrons. The molecule has 0 aliphatic heterocycles. The average molecular weight is 630 g/mol. The van der Waals surface area contributed by atoms with E-state index < -0.39 is 15.9 Å². The number of carbonyl (C=O) groups is 1.